The molecular formula is C17H24N4O2. The number of aromatic nitrogens is 1. The van der Waals surface area contributed by atoms with E-state index < -0.39 is 0 Å². The Hall–Kier alpha value is -1.92. The summed E-state index contributed by atoms with van der Waals surface area (Å²) in [6.07, 6.45) is 5.36. The minimum Gasteiger partial charge on any atom is -0.464 e. The van der Waals surface area contributed by atoms with Crippen molar-refractivity contribution in [2.45, 2.75) is 12.8 Å². The maximum atomic E-state index is 12.3. The summed E-state index contributed by atoms with van der Waals surface area (Å²) in [5, 5.41) is 3.73. The highest BCUT2D eigenvalue weighted by Gasteiger charge is 2.14. The molecule has 6 nitrogen and oxygen atoms in total. The zero-order valence-electron chi connectivity index (χ0n) is 13.6. The van der Waals surface area contributed by atoms with Crippen LogP contribution in [0.25, 0.3) is 11.0 Å². The van der Waals surface area contributed by atoms with Gasteiger partial charge in [-0.3, -0.25) is 9.78 Å². The Labute approximate surface area is 136 Å². The maximum Gasteiger partial charge on any atom is 0.270 e. The molecule has 0 unspecified atom stereocenters. The zero-order valence-corrected chi connectivity index (χ0v) is 13.6. The molecule has 3 rings (SSSR count). The number of amides is 1. The fourth-order valence-electron chi connectivity index (χ4n) is 2.99. The summed E-state index contributed by atoms with van der Waals surface area (Å²) in [5.41, 5.74) is 1.13. The summed E-state index contributed by atoms with van der Waals surface area (Å²) in [7, 11) is 2.17. The van der Waals surface area contributed by atoms with Crippen LogP contribution in [0.4, 0.5) is 0 Å². The lowest BCUT2D eigenvalue weighted by Gasteiger charge is -2.19. The van der Waals surface area contributed by atoms with Crippen molar-refractivity contribution < 1.29 is 9.21 Å². The van der Waals surface area contributed by atoms with Crippen molar-refractivity contribution in [3.05, 3.63) is 30.3 Å². The van der Waals surface area contributed by atoms with E-state index in [0.717, 1.165) is 38.0 Å². The molecule has 0 radical (unpaired) electrons. The lowest BCUT2D eigenvalue weighted by atomic mass is 10.2. The van der Waals surface area contributed by atoms with Gasteiger partial charge in [0.1, 0.15) is 11.3 Å². The third-order valence-corrected chi connectivity index (χ3v) is 4.34. The van der Waals surface area contributed by atoms with Gasteiger partial charge in [0.05, 0.1) is 11.6 Å². The number of hydrogen-bond acceptors (Lipinski definition) is 5. The molecule has 1 aliphatic rings. The fraction of sp³-hybridized carbons (Fsp3) is 0.529. The average molecular weight is 316 g/mol. The van der Waals surface area contributed by atoms with Crippen LogP contribution in [0, 0.1) is 0 Å². The fourth-order valence-corrected chi connectivity index (χ4v) is 2.99. The van der Waals surface area contributed by atoms with Crippen molar-refractivity contribution in [1.82, 2.24) is 20.1 Å². The van der Waals surface area contributed by atoms with Gasteiger partial charge in [0.15, 0.2) is 0 Å². The van der Waals surface area contributed by atoms with Gasteiger partial charge in [0.25, 0.3) is 5.91 Å². The topological polar surface area (TPSA) is 61.6 Å². The summed E-state index contributed by atoms with van der Waals surface area (Å²) in [6, 6.07) is 3.55. The highest BCUT2D eigenvalue weighted by Crippen LogP contribution is 2.17. The van der Waals surface area contributed by atoms with Gasteiger partial charge in [0, 0.05) is 25.8 Å². The van der Waals surface area contributed by atoms with E-state index in [1.54, 1.807) is 24.6 Å². The minimum absolute atomic E-state index is 0.132. The van der Waals surface area contributed by atoms with Crippen molar-refractivity contribution in [3.8, 4) is 0 Å². The first-order valence-electron chi connectivity index (χ1n) is 8.25. The van der Waals surface area contributed by atoms with Gasteiger partial charge in [-0.25, -0.2) is 0 Å². The van der Waals surface area contributed by atoms with Gasteiger partial charge in [-0.05, 0) is 51.7 Å². The van der Waals surface area contributed by atoms with Crippen molar-refractivity contribution in [1.29, 1.82) is 0 Å². The molecule has 2 aromatic heterocycles. The van der Waals surface area contributed by atoms with E-state index in [9.17, 15) is 4.79 Å². The van der Waals surface area contributed by atoms with E-state index in [1.165, 1.54) is 13.0 Å². The lowest BCUT2D eigenvalue weighted by Crippen LogP contribution is -2.32. The second kappa shape index (κ2) is 7.57. The highest BCUT2D eigenvalue weighted by atomic mass is 16.3. The number of carbonyl (C=O) groups excluding carboxylic acids is 1. The Morgan fingerprint density at radius 3 is 3.13 bits per heavy atom. The van der Waals surface area contributed by atoms with E-state index in [2.05, 4.69) is 27.1 Å². The minimum atomic E-state index is -0.132. The molecule has 6 heteroatoms. The summed E-state index contributed by atoms with van der Waals surface area (Å²) in [5.74, 6) is -0.132. The second-order valence-electron chi connectivity index (χ2n) is 6.10. The second-order valence-corrected chi connectivity index (χ2v) is 6.10. The number of fused-ring (bicyclic) bond motifs is 1. The Balaban J connectivity index is 1.45. The molecule has 0 atom stereocenters. The summed E-state index contributed by atoms with van der Waals surface area (Å²) >= 11 is 0. The van der Waals surface area contributed by atoms with Crippen LogP contribution in [0.5, 0.6) is 0 Å². The van der Waals surface area contributed by atoms with Crippen molar-refractivity contribution in [2.24, 2.45) is 0 Å². The molecule has 1 amide bonds. The zero-order chi connectivity index (χ0) is 16.1. The van der Waals surface area contributed by atoms with E-state index in [0.29, 0.717) is 17.8 Å². The molecule has 124 valence electrons. The summed E-state index contributed by atoms with van der Waals surface area (Å²) in [4.78, 5) is 21.3. The van der Waals surface area contributed by atoms with Gasteiger partial charge >= 0.3 is 0 Å². The van der Waals surface area contributed by atoms with Crippen LogP contribution in [0.3, 0.4) is 0 Å². The molecule has 3 heterocycles. The van der Waals surface area contributed by atoms with Crippen LogP contribution >= 0.6 is 0 Å². The van der Waals surface area contributed by atoms with E-state index in [-0.39, 0.29) is 5.91 Å². The van der Waals surface area contributed by atoms with E-state index in [4.69, 9.17) is 4.42 Å². The summed E-state index contributed by atoms with van der Waals surface area (Å²) < 4.78 is 5.30. The van der Waals surface area contributed by atoms with Gasteiger partial charge in [-0.2, -0.15) is 0 Å². The quantitative estimate of drug-likeness (QED) is 0.849. The molecule has 0 saturated carbocycles. The third-order valence-electron chi connectivity index (χ3n) is 4.34. The molecule has 2 aromatic rings. The largest absolute Gasteiger partial charge is 0.464 e. The average Bonchev–Trinajstić information content (AvgIpc) is 2.94. The molecule has 1 N–H and O–H groups in total. The molecule has 1 aliphatic heterocycles. The molecule has 1 saturated heterocycles. The van der Waals surface area contributed by atoms with Gasteiger partial charge in [-0.15, -0.1) is 0 Å². The molecular weight excluding hydrogens is 292 g/mol. The SMILES string of the molecule is CN1CCCN(CCCNC(=O)c2nccc3occc23)CC1. The number of likely N-dealkylation sites (N-methyl/N-ethyl adjacent to an activating group) is 1. The lowest BCUT2D eigenvalue weighted by molar-refractivity contribution is 0.0948. The number of carbonyl (C=O) groups is 1. The Kier molecular flexibility index (Phi) is 5.25. The van der Waals surface area contributed by atoms with Crippen LogP contribution in [0.15, 0.2) is 29.0 Å². The maximum absolute atomic E-state index is 12.3. The molecule has 0 aliphatic carbocycles. The number of nitrogens with one attached hydrogen (secondary N) is 1. The van der Waals surface area contributed by atoms with Gasteiger partial charge in [0.2, 0.25) is 0 Å². The van der Waals surface area contributed by atoms with Gasteiger partial charge < -0.3 is 19.5 Å². The van der Waals surface area contributed by atoms with Gasteiger partial charge in [-0.1, -0.05) is 0 Å². The molecule has 23 heavy (non-hydrogen) atoms. The molecule has 1 fully saturated rings. The Morgan fingerprint density at radius 2 is 2.22 bits per heavy atom. The first-order valence-corrected chi connectivity index (χ1v) is 8.25. The number of rotatable bonds is 5. The van der Waals surface area contributed by atoms with Crippen LogP contribution in [0.2, 0.25) is 0 Å². The molecule has 0 aromatic carbocycles. The number of hydrogen-bond donors (Lipinski definition) is 1. The van der Waals surface area contributed by atoms with E-state index >= 15 is 0 Å². The predicted octanol–water partition coefficient (Wildman–Crippen LogP) is 1.59. The third kappa shape index (κ3) is 4.09. The van der Waals surface area contributed by atoms with Crippen LogP contribution in [-0.2, 0) is 0 Å². The van der Waals surface area contributed by atoms with Crippen molar-refractivity contribution >= 4 is 16.9 Å². The van der Waals surface area contributed by atoms with Crippen LogP contribution < -0.4 is 5.32 Å². The van der Waals surface area contributed by atoms with Crippen molar-refractivity contribution in [2.75, 3.05) is 46.3 Å². The molecule has 0 bridgehead atoms. The summed E-state index contributed by atoms with van der Waals surface area (Å²) in [6.45, 7) is 6.25. The number of furan rings is 1. The Morgan fingerprint density at radius 1 is 1.30 bits per heavy atom. The standard InChI is InChI=1S/C17H24N4O2/c1-20-8-3-10-21(12-11-20)9-2-6-19-17(22)16-14-5-13-23-15(14)4-7-18-16/h4-5,7,13H,2-3,6,8-12H2,1H3,(H,19,22). The number of pyridine rings is 1. The smallest absolute Gasteiger partial charge is 0.270 e. The monoisotopic (exact) mass is 316 g/mol. The first-order chi connectivity index (χ1) is 11.2. The predicted molar refractivity (Wildman–Crippen MR) is 89.5 cm³/mol. The van der Waals surface area contributed by atoms with E-state index in [1.807, 2.05) is 0 Å². The van der Waals surface area contributed by atoms with Crippen LogP contribution in [-0.4, -0.2) is 67.0 Å². The van der Waals surface area contributed by atoms with Crippen molar-refractivity contribution in [3.63, 3.8) is 0 Å². The highest BCUT2D eigenvalue weighted by molar-refractivity contribution is 6.03. The Bertz CT molecular complexity index is 655. The van der Waals surface area contributed by atoms with Crippen LogP contribution in [0.1, 0.15) is 23.3 Å². The normalized spacial score (nSPS) is 17.3. The number of nitrogens with zero attached hydrogens (tertiary/aromatic N) is 3. The first kappa shape index (κ1) is 16.0. The molecule has 0 spiro atoms.